The van der Waals surface area contributed by atoms with Crippen molar-refractivity contribution in [2.24, 2.45) is 0 Å². The number of hydrogen-bond donors (Lipinski definition) is 2. The zero-order valence-corrected chi connectivity index (χ0v) is 9.21. The molecule has 4 nitrogen and oxygen atoms in total. The monoisotopic (exact) mass is 229 g/mol. The first-order valence-electron chi connectivity index (χ1n) is 4.44. The minimum atomic E-state index is -0.577. The number of anilines is 1. The molecule has 0 saturated carbocycles. The molecule has 0 aliphatic heterocycles. The Morgan fingerprint density at radius 1 is 1.47 bits per heavy atom. The van der Waals surface area contributed by atoms with Crippen LogP contribution in [0.15, 0.2) is 18.2 Å². The van der Waals surface area contributed by atoms with Gasteiger partial charge in [0.25, 0.3) is 0 Å². The van der Waals surface area contributed by atoms with Crippen molar-refractivity contribution in [2.45, 2.75) is 20.0 Å². The molecule has 2 N–H and O–H groups in total. The number of benzene rings is 1. The number of phenolic OH excluding ortho intramolecular Hbond substituents is 1. The van der Waals surface area contributed by atoms with E-state index < -0.39 is 6.09 Å². The average molecular weight is 230 g/mol. The van der Waals surface area contributed by atoms with E-state index in [0.717, 1.165) is 0 Å². The molecule has 0 saturated heterocycles. The highest BCUT2D eigenvalue weighted by Crippen LogP contribution is 2.23. The normalized spacial score (nSPS) is 10.1. The molecule has 0 aliphatic carbocycles. The van der Waals surface area contributed by atoms with Gasteiger partial charge >= 0.3 is 6.09 Å². The highest BCUT2D eigenvalue weighted by atomic mass is 35.5. The third-order valence-corrected chi connectivity index (χ3v) is 1.69. The predicted octanol–water partition coefficient (Wildman–Crippen LogP) is 3.00. The maximum absolute atomic E-state index is 11.2. The van der Waals surface area contributed by atoms with Crippen molar-refractivity contribution in [3.8, 4) is 5.75 Å². The van der Waals surface area contributed by atoms with Gasteiger partial charge in [0.2, 0.25) is 0 Å². The van der Waals surface area contributed by atoms with Gasteiger partial charge < -0.3 is 9.84 Å². The zero-order valence-electron chi connectivity index (χ0n) is 8.45. The van der Waals surface area contributed by atoms with E-state index in [4.69, 9.17) is 16.3 Å². The standard InChI is InChI=1S/C10H12ClNO3/c1-6(2)15-10(14)12-8-3-7(11)4-9(13)5-8/h3-6,13H,1-2H3,(H,12,14). The summed E-state index contributed by atoms with van der Waals surface area (Å²) >= 11 is 5.69. The molecule has 0 heterocycles. The molecular formula is C10H12ClNO3. The van der Waals surface area contributed by atoms with Crippen molar-refractivity contribution >= 4 is 23.4 Å². The number of carbonyl (C=O) groups is 1. The molecule has 1 aromatic rings. The Bertz CT molecular complexity index is 345. The molecular weight excluding hydrogens is 218 g/mol. The summed E-state index contributed by atoms with van der Waals surface area (Å²) in [7, 11) is 0. The van der Waals surface area contributed by atoms with Crippen LogP contribution in [0.1, 0.15) is 13.8 Å². The Morgan fingerprint density at radius 3 is 2.67 bits per heavy atom. The lowest BCUT2D eigenvalue weighted by atomic mass is 10.3. The van der Waals surface area contributed by atoms with Gasteiger partial charge in [-0.1, -0.05) is 11.6 Å². The van der Waals surface area contributed by atoms with E-state index in [0.29, 0.717) is 10.7 Å². The minimum Gasteiger partial charge on any atom is -0.508 e. The van der Waals surface area contributed by atoms with Gasteiger partial charge in [-0.15, -0.1) is 0 Å². The van der Waals surface area contributed by atoms with E-state index in [2.05, 4.69) is 5.32 Å². The van der Waals surface area contributed by atoms with Crippen LogP contribution in [0.2, 0.25) is 5.02 Å². The van der Waals surface area contributed by atoms with Gasteiger partial charge in [-0.05, 0) is 26.0 Å². The summed E-state index contributed by atoms with van der Waals surface area (Å²) in [6, 6.07) is 4.27. The van der Waals surface area contributed by atoms with Crippen molar-refractivity contribution in [2.75, 3.05) is 5.32 Å². The van der Waals surface area contributed by atoms with Gasteiger partial charge in [-0.25, -0.2) is 4.79 Å². The second-order valence-electron chi connectivity index (χ2n) is 3.28. The van der Waals surface area contributed by atoms with Crippen LogP contribution >= 0.6 is 11.6 Å². The summed E-state index contributed by atoms with van der Waals surface area (Å²) < 4.78 is 4.86. The van der Waals surface area contributed by atoms with Gasteiger partial charge in [0, 0.05) is 16.8 Å². The number of rotatable bonds is 2. The topological polar surface area (TPSA) is 58.6 Å². The lowest BCUT2D eigenvalue weighted by Crippen LogP contribution is -2.17. The first-order valence-corrected chi connectivity index (χ1v) is 4.82. The third kappa shape index (κ3) is 4.08. The van der Waals surface area contributed by atoms with Crippen molar-refractivity contribution in [3.05, 3.63) is 23.2 Å². The quantitative estimate of drug-likeness (QED) is 0.820. The molecule has 1 aromatic carbocycles. The molecule has 0 radical (unpaired) electrons. The lowest BCUT2D eigenvalue weighted by Gasteiger charge is -2.09. The van der Waals surface area contributed by atoms with Crippen LogP contribution in [0, 0.1) is 0 Å². The molecule has 0 bridgehead atoms. The van der Waals surface area contributed by atoms with Crippen LogP contribution in [0.4, 0.5) is 10.5 Å². The van der Waals surface area contributed by atoms with Gasteiger partial charge in [-0.3, -0.25) is 5.32 Å². The molecule has 1 rings (SSSR count). The number of hydrogen-bond acceptors (Lipinski definition) is 3. The minimum absolute atomic E-state index is 0.0117. The summed E-state index contributed by atoms with van der Waals surface area (Å²) in [6.45, 7) is 3.49. The van der Waals surface area contributed by atoms with Gasteiger partial charge in [0.05, 0.1) is 6.10 Å². The molecule has 5 heteroatoms. The van der Waals surface area contributed by atoms with Crippen LogP contribution in [0.3, 0.4) is 0 Å². The zero-order chi connectivity index (χ0) is 11.4. The Kier molecular flexibility index (Phi) is 3.80. The second-order valence-corrected chi connectivity index (χ2v) is 3.71. The van der Waals surface area contributed by atoms with Crippen LogP contribution < -0.4 is 5.32 Å². The fraction of sp³-hybridized carbons (Fsp3) is 0.300. The SMILES string of the molecule is CC(C)OC(=O)Nc1cc(O)cc(Cl)c1. The Balaban J connectivity index is 2.68. The lowest BCUT2D eigenvalue weighted by molar-refractivity contribution is 0.130. The highest BCUT2D eigenvalue weighted by molar-refractivity contribution is 6.31. The molecule has 0 aromatic heterocycles. The first kappa shape index (κ1) is 11.7. The molecule has 1 amide bonds. The van der Waals surface area contributed by atoms with E-state index in [1.54, 1.807) is 13.8 Å². The summed E-state index contributed by atoms with van der Waals surface area (Å²) in [5.74, 6) is -0.0117. The molecule has 0 aliphatic rings. The third-order valence-electron chi connectivity index (χ3n) is 1.47. The second kappa shape index (κ2) is 4.89. The number of nitrogens with one attached hydrogen (secondary N) is 1. The molecule has 0 spiro atoms. The maximum atomic E-state index is 11.2. The van der Waals surface area contributed by atoms with Crippen LogP contribution in [-0.4, -0.2) is 17.3 Å². The van der Waals surface area contributed by atoms with Crippen molar-refractivity contribution in [1.82, 2.24) is 0 Å². The Hall–Kier alpha value is -1.42. The van der Waals surface area contributed by atoms with Crippen LogP contribution in [-0.2, 0) is 4.74 Å². The molecule has 0 unspecified atom stereocenters. The van der Waals surface area contributed by atoms with Crippen molar-refractivity contribution in [3.63, 3.8) is 0 Å². The average Bonchev–Trinajstić information content (AvgIpc) is 1.98. The first-order chi connectivity index (χ1) is 6.97. The number of phenols is 1. The van der Waals surface area contributed by atoms with E-state index >= 15 is 0 Å². The highest BCUT2D eigenvalue weighted by Gasteiger charge is 2.06. The summed E-state index contributed by atoms with van der Waals surface area (Å²) in [4.78, 5) is 11.2. The van der Waals surface area contributed by atoms with Crippen molar-refractivity contribution in [1.29, 1.82) is 0 Å². The van der Waals surface area contributed by atoms with Crippen LogP contribution in [0.5, 0.6) is 5.75 Å². The van der Waals surface area contributed by atoms with Gasteiger partial charge in [0.15, 0.2) is 0 Å². The molecule has 82 valence electrons. The smallest absolute Gasteiger partial charge is 0.411 e. The fourth-order valence-electron chi connectivity index (χ4n) is 1.01. The molecule has 15 heavy (non-hydrogen) atoms. The number of halogens is 1. The van der Waals surface area contributed by atoms with Crippen molar-refractivity contribution < 1.29 is 14.6 Å². The van der Waals surface area contributed by atoms with E-state index in [9.17, 15) is 9.90 Å². The van der Waals surface area contributed by atoms with E-state index in [1.807, 2.05) is 0 Å². The molecule has 0 atom stereocenters. The summed E-state index contributed by atoms with van der Waals surface area (Å²) in [5, 5.41) is 12.0. The van der Waals surface area contributed by atoms with Gasteiger partial charge in [0.1, 0.15) is 5.75 Å². The number of aromatic hydroxyl groups is 1. The fourth-order valence-corrected chi connectivity index (χ4v) is 1.24. The summed E-state index contributed by atoms with van der Waals surface area (Å²) in [5.41, 5.74) is 0.394. The Labute approximate surface area is 92.8 Å². The summed E-state index contributed by atoms with van der Waals surface area (Å²) in [6.07, 6.45) is -0.774. The number of amides is 1. The predicted molar refractivity (Wildman–Crippen MR) is 58.4 cm³/mol. The molecule has 0 fully saturated rings. The number of ether oxygens (including phenoxy) is 1. The largest absolute Gasteiger partial charge is 0.508 e. The van der Waals surface area contributed by atoms with Gasteiger partial charge in [-0.2, -0.15) is 0 Å². The maximum Gasteiger partial charge on any atom is 0.411 e. The Morgan fingerprint density at radius 2 is 2.13 bits per heavy atom. The van der Waals surface area contributed by atoms with E-state index in [-0.39, 0.29) is 11.9 Å². The number of carbonyl (C=O) groups excluding carboxylic acids is 1. The van der Waals surface area contributed by atoms with E-state index in [1.165, 1.54) is 18.2 Å². The van der Waals surface area contributed by atoms with Crippen LogP contribution in [0.25, 0.3) is 0 Å².